The first-order chi connectivity index (χ1) is 7.13. The lowest BCUT2D eigenvalue weighted by molar-refractivity contribution is 0.0471. The SMILES string of the molecule is CCCC(I)OC(=O)c1ccc(O)cc1. The summed E-state index contributed by atoms with van der Waals surface area (Å²) in [6.45, 7) is 2.04. The number of phenols is 1. The molecule has 0 spiro atoms. The molecule has 0 aliphatic heterocycles. The maximum Gasteiger partial charge on any atom is 0.339 e. The lowest BCUT2D eigenvalue weighted by Gasteiger charge is -2.10. The molecule has 1 aromatic carbocycles. The second-order valence-electron chi connectivity index (χ2n) is 3.15. The number of ether oxygens (including phenoxy) is 1. The van der Waals surface area contributed by atoms with Crippen LogP contribution in [0, 0.1) is 0 Å². The van der Waals surface area contributed by atoms with Gasteiger partial charge in [0.05, 0.1) is 5.56 Å². The summed E-state index contributed by atoms with van der Waals surface area (Å²) in [5.41, 5.74) is 0.463. The number of phenolic OH excluding ortho intramolecular Hbond substituents is 1. The van der Waals surface area contributed by atoms with Gasteiger partial charge in [-0.25, -0.2) is 4.79 Å². The monoisotopic (exact) mass is 320 g/mol. The number of alkyl halides is 1. The van der Waals surface area contributed by atoms with Crippen molar-refractivity contribution in [2.45, 2.75) is 23.9 Å². The average Bonchev–Trinajstić information content (AvgIpc) is 2.18. The first-order valence-corrected chi connectivity index (χ1v) is 6.02. The van der Waals surface area contributed by atoms with E-state index in [4.69, 9.17) is 9.84 Å². The number of carbonyl (C=O) groups is 1. The molecular formula is C11H13IO3. The van der Waals surface area contributed by atoms with Crippen LogP contribution in [0.4, 0.5) is 0 Å². The van der Waals surface area contributed by atoms with Crippen molar-refractivity contribution < 1.29 is 14.6 Å². The smallest absolute Gasteiger partial charge is 0.339 e. The molecule has 0 aliphatic rings. The van der Waals surface area contributed by atoms with Gasteiger partial charge in [-0.3, -0.25) is 0 Å². The second kappa shape index (κ2) is 5.95. The van der Waals surface area contributed by atoms with Gasteiger partial charge in [0.1, 0.15) is 5.75 Å². The summed E-state index contributed by atoms with van der Waals surface area (Å²) in [7, 11) is 0. The Kier molecular flexibility index (Phi) is 4.87. The van der Waals surface area contributed by atoms with E-state index >= 15 is 0 Å². The average molecular weight is 320 g/mol. The zero-order valence-corrected chi connectivity index (χ0v) is 10.6. The molecule has 4 heteroatoms. The normalized spacial score (nSPS) is 12.1. The number of halogens is 1. The fourth-order valence-corrected chi connectivity index (χ4v) is 1.92. The molecule has 0 heterocycles. The van der Waals surface area contributed by atoms with E-state index < -0.39 is 0 Å². The number of hydrogen-bond donors (Lipinski definition) is 1. The Labute approximate surface area is 103 Å². The maximum absolute atomic E-state index is 11.5. The van der Waals surface area contributed by atoms with Gasteiger partial charge in [-0.2, -0.15) is 0 Å². The van der Waals surface area contributed by atoms with Crippen molar-refractivity contribution in [3.8, 4) is 5.75 Å². The van der Waals surface area contributed by atoms with Crippen LogP contribution in [0.2, 0.25) is 0 Å². The zero-order valence-electron chi connectivity index (χ0n) is 8.44. The van der Waals surface area contributed by atoms with Gasteiger partial charge in [-0.15, -0.1) is 0 Å². The van der Waals surface area contributed by atoms with Crippen LogP contribution >= 0.6 is 22.6 Å². The highest BCUT2D eigenvalue weighted by Gasteiger charge is 2.11. The molecule has 3 nitrogen and oxygen atoms in total. The Morgan fingerprint density at radius 1 is 1.47 bits per heavy atom. The minimum Gasteiger partial charge on any atom is -0.508 e. The van der Waals surface area contributed by atoms with E-state index in [2.05, 4.69) is 22.6 Å². The van der Waals surface area contributed by atoms with Crippen LogP contribution in [-0.4, -0.2) is 15.2 Å². The van der Waals surface area contributed by atoms with Crippen molar-refractivity contribution in [1.29, 1.82) is 0 Å². The quantitative estimate of drug-likeness (QED) is 0.527. The third-order valence-corrected chi connectivity index (χ3v) is 2.73. The van der Waals surface area contributed by atoms with Crippen molar-refractivity contribution >= 4 is 28.6 Å². The highest BCUT2D eigenvalue weighted by molar-refractivity contribution is 14.1. The molecule has 0 saturated heterocycles. The van der Waals surface area contributed by atoms with E-state index in [0.717, 1.165) is 12.8 Å². The number of rotatable bonds is 4. The molecule has 0 aliphatic carbocycles. The Hall–Kier alpha value is -0.780. The van der Waals surface area contributed by atoms with Gasteiger partial charge >= 0.3 is 5.97 Å². The van der Waals surface area contributed by atoms with Gasteiger partial charge in [-0.05, 0) is 53.3 Å². The molecule has 0 saturated carbocycles. The lowest BCUT2D eigenvalue weighted by atomic mass is 10.2. The molecule has 1 rings (SSSR count). The number of carbonyl (C=O) groups excluding carboxylic acids is 1. The minimum absolute atomic E-state index is 0.0890. The molecule has 1 aromatic rings. The molecule has 1 atom stereocenters. The zero-order chi connectivity index (χ0) is 11.3. The summed E-state index contributed by atoms with van der Waals surface area (Å²) in [6.07, 6.45) is 1.83. The summed E-state index contributed by atoms with van der Waals surface area (Å²) in [6, 6.07) is 6.04. The Morgan fingerprint density at radius 3 is 2.60 bits per heavy atom. The molecule has 1 N–H and O–H groups in total. The molecule has 1 unspecified atom stereocenters. The van der Waals surface area contributed by atoms with Crippen molar-refractivity contribution in [2.75, 3.05) is 0 Å². The largest absolute Gasteiger partial charge is 0.508 e. The molecule has 0 fully saturated rings. The van der Waals surface area contributed by atoms with Crippen LogP contribution in [0.5, 0.6) is 5.75 Å². The topological polar surface area (TPSA) is 46.5 Å². The van der Waals surface area contributed by atoms with Gasteiger partial charge in [0, 0.05) is 0 Å². The summed E-state index contributed by atoms with van der Waals surface area (Å²) < 4.78 is 5.09. The number of esters is 1. The number of aromatic hydroxyl groups is 1. The van der Waals surface area contributed by atoms with E-state index in [9.17, 15) is 4.79 Å². The number of hydrogen-bond acceptors (Lipinski definition) is 3. The van der Waals surface area contributed by atoms with Gasteiger partial charge in [0.25, 0.3) is 0 Å². The molecule has 0 bridgehead atoms. The minimum atomic E-state index is -0.345. The number of benzene rings is 1. The van der Waals surface area contributed by atoms with E-state index in [1.165, 1.54) is 12.1 Å². The van der Waals surface area contributed by atoms with Crippen LogP contribution in [-0.2, 0) is 4.74 Å². The molecule has 0 radical (unpaired) electrons. The molecule has 15 heavy (non-hydrogen) atoms. The van der Waals surface area contributed by atoms with Gasteiger partial charge < -0.3 is 9.84 Å². The fraction of sp³-hybridized carbons (Fsp3) is 0.364. The maximum atomic E-state index is 11.5. The molecule has 0 aromatic heterocycles. The van der Waals surface area contributed by atoms with Crippen molar-refractivity contribution in [2.24, 2.45) is 0 Å². The van der Waals surface area contributed by atoms with Gasteiger partial charge in [-0.1, -0.05) is 13.3 Å². The van der Waals surface area contributed by atoms with Gasteiger partial charge in [0.2, 0.25) is 0 Å². The predicted molar refractivity (Wildman–Crippen MR) is 66.2 cm³/mol. The highest BCUT2D eigenvalue weighted by Crippen LogP contribution is 2.15. The van der Waals surface area contributed by atoms with Crippen LogP contribution in [0.25, 0.3) is 0 Å². The van der Waals surface area contributed by atoms with Crippen molar-refractivity contribution in [3.05, 3.63) is 29.8 Å². The van der Waals surface area contributed by atoms with E-state index in [-0.39, 0.29) is 15.8 Å². The lowest BCUT2D eigenvalue weighted by Crippen LogP contribution is -2.11. The standard InChI is InChI=1S/C11H13IO3/c1-2-3-10(12)15-11(14)8-4-6-9(13)7-5-8/h4-7,10,13H,2-3H2,1H3. The Bertz CT molecular complexity index is 321. The van der Waals surface area contributed by atoms with Crippen LogP contribution in [0.3, 0.4) is 0 Å². The van der Waals surface area contributed by atoms with E-state index in [0.29, 0.717) is 5.56 Å². The summed E-state index contributed by atoms with van der Waals surface area (Å²) in [5, 5.41) is 9.05. The summed E-state index contributed by atoms with van der Waals surface area (Å²) >= 11 is 2.10. The van der Waals surface area contributed by atoms with Crippen LogP contribution in [0.1, 0.15) is 30.1 Å². The van der Waals surface area contributed by atoms with Crippen molar-refractivity contribution in [3.63, 3.8) is 0 Å². The van der Waals surface area contributed by atoms with Crippen LogP contribution in [0.15, 0.2) is 24.3 Å². The van der Waals surface area contributed by atoms with E-state index in [1.807, 2.05) is 6.92 Å². The highest BCUT2D eigenvalue weighted by atomic mass is 127. The molecule has 0 amide bonds. The summed E-state index contributed by atoms with van der Waals surface area (Å²) in [5.74, 6) is -0.200. The molecule has 82 valence electrons. The fourth-order valence-electron chi connectivity index (χ4n) is 1.07. The van der Waals surface area contributed by atoms with E-state index in [1.54, 1.807) is 12.1 Å². The van der Waals surface area contributed by atoms with Crippen molar-refractivity contribution in [1.82, 2.24) is 0 Å². The Morgan fingerprint density at radius 2 is 2.07 bits per heavy atom. The third kappa shape index (κ3) is 4.07. The first-order valence-electron chi connectivity index (χ1n) is 4.77. The van der Waals surface area contributed by atoms with Gasteiger partial charge in [0.15, 0.2) is 4.11 Å². The summed E-state index contributed by atoms with van der Waals surface area (Å²) in [4.78, 5) is 11.5. The predicted octanol–water partition coefficient (Wildman–Crippen LogP) is 3.11. The van der Waals surface area contributed by atoms with Crippen LogP contribution < -0.4 is 0 Å². The Balaban J connectivity index is 2.57. The molecular weight excluding hydrogens is 307 g/mol. The first kappa shape index (κ1) is 12.3. The third-order valence-electron chi connectivity index (χ3n) is 1.85. The second-order valence-corrected chi connectivity index (χ2v) is 4.54.